The molecule has 5 nitrogen and oxygen atoms in total. The monoisotopic (exact) mass is 477 g/mol. The summed E-state index contributed by atoms with van der Waals surface area (Å²) >= 11 is 1.43. The fourth-order valence-electron chi connectivity index (χ4n) is 2.93. The molecule has 0 aromatic heterocycles. The predicted octanol–water partition coefficient (Wildman–Crippen LogP) is 6.03. The quantitative estimate of drug-likeness (QED) is 0.304. The van der Waals surface area contributed by atoms with Crippen LogP contribution in [0.25, 0.3) is 0 Å². The number of ether oxygens (including phenoxy) is 1. The third-order valence-corrected chi connectivity index (χ3v) is 5.99. The minimum absolute atomic E-state index is 0.166. The van der Waals surface area contributed by atoms with Gasteiger partial charge in [0.05, 0.1) is 16.0 Å². The van der Waals surface area contributed by atoms with Crippen LogP contribution < -0.4 is 15.5 Å². The first-order chi connectivity index (χ1) is 14.9. The molecule has 32 heavy (non-hydrogen) atoms. The van der Waals surface area contributed by atoms with E-state index in [0.717, 1.165) is 24.3 Å². The molecule has 12 heteroatoms. The Morgan fingerprint density at radius 2 is 1.72 bits per heavy atom. The molecule has 172 valence electrons. The summed E-state index contributed by atoms with van der Waals surface area (Å²) in [6, 6.07) is 8.32. The number of amides is 2. The molecule has 2 aromatic rings. The number of nitrogens with zero attached hydrogens (tertiary/aromatic N) is 1. The van der Waals surface area contributed by atoms with Gasteiger partial charge in [-0.2, -0.15) is 30.0 Å². The summed E-state index contributed by atoms with van der Waals surface area (Å²) in [7, 11) is 0. The molecule has 0 spiro atoms. The average Bonchev–Trinajstić information content (AvgIpc) is 3.49. The summed E-state index contributed by atoms with van der Waals surface area (Å²) < 4.78 is 79.2. The van der Waals surface area contributed by atoms with Crippen LogP contribution in [0.2, 0.25) is 0 Å². The van der Waals surface area contributed by atoms with Crippen molar-refractivity contribution in [3.8, 4) is 5.75 Å². The second-order valence-corrected chi connectivity index (χ2v) is 8.07. The maximum absolute atomic E-state index is 13.1. The van der Waals surface area contributed by atoms with Gasteiger partial charge in [-0.15, -0.1) is 13.2 Å². The Morgan fingerprint density at radius 1 is 1.06 bits per heavy atom. The third-order valence-electron chi connectivity index (χ3n) is 4.60. The Labute approximate surface area is 183 Å². The van der Waals surface area contributed by atoms with Gasteiger partial charge >= 0.3 is 18.6 Å². The second-order valence-electron chi connectivity index (χ2n) is 6.88. The molecule has 1 saturated carbocycles. The minimum Gasteiger partial charge on any atom is -0.406 e. The molecule has 1 aliphatic rings. The van der Waals surface area contributed by atoms with Gasteiger partial charge in [0.15, 0.2) is 0 Å². The van der Waals surface area contributed by atoms with Gasteiger partial charge in [0.1, 0.15) is 5.75 Å². The molecule has 2 N–H and O–H groups in total. The number of carbonyl (C=O) groups is 1. The van der Waals surface area contributed by atoms with E-state index in [9.17, 15) is 31.1 Å². The topological polar surface area (TPSA) is 62.7 Å². The highest BCUT2D eigenvalue weighted by molar-refractivity contribution is 8.01. The second kappa shape index (κ2) is 8.93. The highest BCUT2D eigenvalue weighted by atomic mass is 32.2. The lowest BCUT2D eigenvalue weighted by Crippen LogP contribution is -2.29. The number of thioether (sulfide) groups is 1. The number of hydrogen-bond donors (Lipinski definition) is 2. The number of hydrogen-bond acceptors (Lipinski definition) is 4. The van der Waals surface area contributed by atoms with Gasteiger partial charge in [-0.1, -0.05) is 12.1 Å². The molecular weight excluding hydrogens is 460 g/mol. The number of anilines is 1. The van der Waals surface area contributed by atoms with Gasteiger partial charge in [-0.25, -0.2) is 10.2 Å². The first-order valence-corrected chi connectivity index (χ1v) is 10.4. The lowest BCUT2D eigenvalue weighted by molar-refractivity contribution is -0.274. The molecule has 0 heterocycles. The summed E-state index contributed by atoms with van der Waals surface area (Å²) in [6.45, 7) is 0. The Bertz CT molecular complexity index is 1000. The highest BCUT2D eigenvalue weighted by Gasteiger charge is 2.48. The number of hydrazone groups is 1. The lowest BCUT2D eigenvalue weighted by Gasteiger charge is -2.17. The molecule has 2 aromatic carbocycles. The molecule has 0 bridgehead atoms. The van der Waals surface area contributed by atoms with Crippen molar-refractivity contribution in [3.63, 3.8) is 0 Å². The van der Waals surface area contributed by atoms with Crippen molar-refractivity contribution in [2.75, 3.05) is 11.6 Å². The predicted molar refractivity (Wildman–Crippen MR) is 109 cm³/mol. The van der Waals surface area contributed by atoms with Gasteiger partial charge < -0.3 is 10.1 Å². The molecule has 2 amide bonds. The van der Waals surface area contributed by atoms with Gasteiger partial charge in [0, 0.05) is 5.69 Å². The van der Waals surface area contributed by atoms with Crippen LogP contribution in [0.4, 0.5) is 36.8 Å². The van der Waals surface area contributed by atoms with E-state index in [1.807, 2.05) is 0 Å². The van der Waals surface area contributed by atoms with Crippen LogP contribution >= 0.6 is 11.8 Å². The van der Waals surface area contributed by atoms with Crippen molar-refractivity contribution in [2.45, 2.75) is 30.1 Å². The van der Waals surface area contributed by atoms with E-state index in [0.29, 0.717) is 18.6 Å². The molecule has 0 saturated heterocycles. The van der Waals surface area contributed by atoms with E-state index in [2.05, 4.69) is 20.6 Å². The Morgan fingerprint density at radius 3 is 2.25 bits per heavy atom. The van der Waals surface area contributed by atoms with Crippen LogP contribution in [-0.2, 0) is 6.18 Å². The van der Waals surface area contributed by atoms with Crippen LogP contribution in [0.5, 0.6) is 5.75 Å². The van der Waals surface area contributed by atoms with Crippen molar-refractivity contribution >= 4 is 29.2 Å². The standard InChI is InChI=1S/C20H17F6N3O2S/c1-32-18(9-10-18)16(12-3-2-4-13(11-12)19(21,22)23)28-29-17(30)27-14-5-7-15(8-6-14)31-20(24,25)26/h2-8,11H,9-10H2,1H3,(H2,27,29,30). The minimum atomic E-state index is -4.84. The SMILES string of the molecule is CSC1(C(=NNC(=O)Nc2ccc(OC(F)(F)F)cc2)c2cccc(C(F)(F)F)c2)CC1. The van der Waals surface area contributed by atoms with E-state index in [1.54, 1.807) is 6.26 Å². The Balaban J connectivity index is 1.75. The summed E-state index contributed by atoms with van der Waals surface area (Å²) in [5.74, 6) is -0.455. The maximum atomic E-state index is 13.1. The molecular formula is C20H17F6N3O2S. The zero-order valence-corrected chi connectivity index (χ0v) is 17.3. The summed E-state index contributed by atoms with van der Waals surface area (Å²) in [6.07, 6.45) is -6.18. The maximum Gasteiger partial charge on any atom is 0.573 e. The molecule has 0 atom stereocenters. The number of benzene rings is 2. The molecule has 0 unspecified atom stereocenters. The first kappa shape index (κ1) is 23.8. The highest BCUT2D eigenvalue weighted by Crippen LogP contribution is 2.50. The third kappa shape index (κ3) is 6.09. The largest absolute Gasteiger partial charge is 0.573 e. The number of halogens is 6. The molecule has 1 aliphatic carbocycles. The van der Waals surface area contributed by atoms with Crippen molar-refractivity contribution in [1.82, 2.24) is 5.43 Å². The van der Waals surface area contributed by atoms with E-state index in [1.165, 1.54) is 36.0 Å². The number of carbonyl (C=O) groups excluding carboxylic acids is 1. The molecule has 0 radical (unpaired) electrons. The lowest BCUT2D eigenvalue weighted by atomic mass is 10.0. The van der Waals surface area contributed by atoms with Gasteiger partial charge in [0.25, 0.3) is 0 Å². The van der Waals surface area contributed by atoms with Gasteiger partial charge in [-0.3, -0.25) is 0 Å². The van der Waals surface area contributed by atoms with Crippen molar-refractivity contribution in [2.24, 2.45) is 5.10 Å². The zero-order valence-electron chi connectivity index (χ0n) is 16.5. The summed E-state index contributed by atoms with van der Waals surface area (Å²) in [5.41, 5.74) is 2.13. The van der Waals surface area contributed by atoms with Crippen molar-refractivity contribution < 1.29 is 35.9 Å². The molecule has 0 aliphatic heterocycles. The van der Waals surface area contributed by atoms with Crippen LogP contribution in [0.1, 0.15) is 24.0 Å². The van der Waals surface area contributed by atoms with E-state index >= 15 is 0 Å². The summed E-state index contributed by atoms with van der Waals surface area (Å²) in [5, 5.41) is 6.46. The number of alkyl halides is 6. The van der Waals surface area contributed by atoms with Gasteiger partial charge in [0.2, 0.25) is 0 Å². The number of rotatable bonds is 6. The Hall–Kier alpha value is -2.89. The van der Waals surface area contributed by atoms with Gasteiger partial charge in [-0.05, 0) is 61.1 Å². The normalized spacial score (nSPS) is 15.8. The Kier molecular flexibility index (Phi) is 6.63. The van der Waals surface area contributed by atoms with E-state index < -0.39 is 34.6 Å². The molecule has 3 rings (SSSR count). The first-order valence-electron chi connectivity index (χ1n) is 9.16. The van der Waals surface area contributed by atoms with Crippen LogP contribution in [0.3, 0.4) is 0 Å². The zero-order chi connectivity index (χ0) is 23.6. The number of urea groups is 1. The number of nitrogens with one attached hydrogen (secondary N) is 2. The van der Waals surface area contributed by atoms with Crippen molar-refractivity contribution in [1.29, 1.82) is 0 Å². The van der Waals surface area contributed by atoms with E-state index in [-0.39, 0.29) is 11.3 Å². The fourth-order valence-corrected chi connectivity index (χ4v) is 3.80. The van der Waals surface area contributed by atoms with Crippen LogP contribution in [-0.4, -0.2) is 29.1 Å². The van der Waals surface area contributed by atoms with Crippen LogP contribution in [0, 0.1) is 0 Å². The molecule has 1 fully saturated rings. The summed E-state index contributed by atoms with van der Waals surface area (Å²) in [4.78, 5) is 12.2. The van der Waals surface area contributed by atoms with Crippen LogP contribution in [0.15, 0.2) is 53.6 Å². The van der Waals surface area contributed by atoms with E-state index in [4.69, 9.17) is 0 Å². The van der Waals surface area contributed by atoms with Crippen molar-refractivity contribution in [3.05, 3.63) is 59.7 Å². The average molecular weight is 477 g/mol. The fraction of sp³-hybridized carbons (Fsp3) is 0.300. The smallest absolute Gasteiger partial charge is 0.406 e.